The lowest BCUT2D eigenvalue weighted by Gasteiger charge is -2.35. The van der Waals surface area contributed by atoms with Gasteiger partial charge in [0.2, 0.25) is 5.91 Å². The fourth-order valence-corrected chi connectivity index (χ4v) is 6.73. The number of piperazine rings is 1. The lowest BCUT2D eigenvalue weighted by Crippen LogP contribution is -2.50. The maximum absolute atomic E-state index is 16.6. The number of halogens is 1. The lowest BCUT2D eigenvalue weighted by atomic mass is 9.93. The highest BCUT2D eigenvalue weighted by molar-refractivity contribution is 6.05. The molecule has 2 fully saturated rings. The number of ether oxygens (including phenoxy) is 1. The average Bonchev–Trinajstić information content (AvgIpc) is 3.45. The summed E-state index contributed by atoms with van der Waals surface area (Å²) in [7, 11) is 1.60. The number of nitriles is 1. The third-order valence-corrected chi connectivity index (χ3v) is 9.63. The van der Waals surface area contributed by atoms with Gasteiger partial charge in [0.1, 0.15) is 11.4 Å². The van der Waals surface area contributed by atoms with Gasteiger partial charge in [-0.15, -0.1) is 5.10 Å². The molecule has 2 aliphatic heterocycles. The standard InChI is InChI=1S/C35H37FN8O3/c1-47-30-7-3-2-6-25(30)27-19-26(24-5-4-12-43(21-24)31(45)8-13-44-14-11-38-40-44)32(36)33-28(27)20-29(39-33)34(46)42-17-15-41(16-18-42)23-35(22-37)9-10-35/h2-3,5-7,11,14,19-20,39H,4,8-10,12-13,15-18,21,23H2,1H3. The van der Waals surface area contributed by atoms with Gasteiger partial charge in [0, 0.05) is 74.9 Å². The number of carbonyl (C=O) groups excluding carboxylic acids is 2. The van der Waals surface area contributed by atoms with E-state index in [-0.39, 0.29) is 35.7 Å². The summed E-state index contributed by atoms with van der Waals surface area (Å²) in [6, 6.07) is 13.6. The molecule has 1 saturated carbocycles. The van der Waals surface area contributed by atoms with Crippen LogP contribution < -0.4 is 4.74 Å². The number of nitrogens with zero attached hydrogens (tertiary/aromatic N) is 7. The predicted octanol–water partition coefficient (Wildman–Crippen LogP) is 4.34. The minimum absolute atomic E-state index is 0.0367. The molecule has 4 heterocycles. The molecule has 3 aliphatic rings. The van der Waals surface area contributed by atoms with Gasteiger partial charge in [0.25, 0.3) is 5.91 Å². The van der Waals surface area contributed by atoms with Crippen LogP contribution in [-0.2, 0) is 11.3 Å². The van der Waals surface area contributed by atoms with Crippen molar-refractivity contribution >= 4 is 28.3 Å². The van der Waals surface area contributed by atoms with Gasteiger partial charge >= 0.3 is 0 Å². The van der Waals surface area contributed by atoms with Gasteiger partial charge in [0.05, 0.1) is 36.9 Å². The van der Waals surface area contributed by atoms with Crippen LogP contribution >= 0.6 is 0 Å². The first-order valence-corrected chi connectivity index (χ1v) is 16.1. The first kappa shape index (κ1) is 30.6. The van der Waals surface area contributed by atoms with E-state index in [0.717, 1.165) is 30.5 Å². The van der Waals surface area contributed by atoms with Crippen LogP contribution in [0.2, 0.25) is 0 Å². The van der Waals surface area contributed by atoms with Gasteiger partial charge in [0.15, 0.2) is 5.82 Å². The highest BCUT2D eigenvalue weighted by Crippen LogP contribution is 2.45. The zero-order valence-corrected chi connectivity index (χ0v) is 26.4. The number of methoxy groups -OCH3 is 1. The number of hydrogen-bond donors (Lipinski definition) is 1. The number of carbonyl (C=O) groups is 2. The summed E-state index contributed by atoms with van der Waals surface area (Å²) in [6.45, 7) is 4.46. The third-order valence-electron chi connectivity index (χ3n) is 9.63. The van der Waals surface area contributed by atoms with E-state index in [9.17, 15) is 14.9 Å². The molecule has 1 aliphatic carbocycles. The van der Waals surface area contributed by atoms with Crippen molar-refractivity contribution in [3.05, 3.63) is 71.9 Å². The Morgan fingerprint density at radius 1 is 1.06 bits per heavy atom. The summed E-state index contributed by atoms with van der Waals surface area (Å²) in [4.78, 5) is 35.9. The summed E-state index contributed by atoms with van der Waals surface area (Å²) in [5.74, 6) is -0.0534. The van der Waals surface area contributed by atoms with Crippen LogP contribution in [0.4, 0.5) is 4.39 Å². The number of nitrogens with one attached hydrogen (secondary N) is 1. The Morgan fingerprint density at radius 2 is 1.87 bits per heavy atom. The summed E-state index contributed by atoms with van der Waals surface area (Å²) < 4.78 is 23.9. The van der Waals surface area contributed by atoms with Crippen molar-refractivity contribution in [1.29, 1.82) is 5.26 Å². The van der Waals surface area contributed by atoms with Gasteiger partial charge in [-0.2, -0.15) is 5.26 Å². The second kappa shape index (κ2) is 12.6. The molecular weight excluding hydrogens is 599 g/mol. The first-order chi connectivity index (χ1) is 22.9. The first-order valence-electron chi connectivity index (χ1n) is 16.1. The molecule has 2 aromatic carbocycles. The van der Waals surface area contributed by atoms with E-state index in [2.05, 4.69) is 26.3 Å². The monoisotopic (exact) mass is 636 g/mol. The summed E-state index contributed by atoms with van der Waals surface area (Å²) in [5, 5.41) is 17.8. The van der Waals surface area contributed by atoms with Crippen LogP contribution in [-0.4, -0.2) is 99.4 Å². The van der Waals surface area contributed by atoms with Gasteiger partial charge in [-0.3, -0.25) is 19.2 Å². The Hall–Kier alpha value is -5.02. The Kier molecular flexibility index (Phi) is 8.24. The molecule has 47 heavy (non-hydrogen) atoms. The molecule has 0 atom stereocenters. The summed E-state index contributed by atoms with van der Waals surface area (Å²) in [6.07, 6.45) is 8.02. The fraction of sp³-hybridized carbons (Fsp3) is 0.400. The van der Waals surface area contributed by atoms with Crippen molar-refractivity contribution in [2.45, 2.75) is 32.2 Å². The molecule has 12 heteroatoms. The molecule has 1 N–H and O–H groups in total. The Labute approximate surface area is 272 Å². The molecule has 7 rings (SSSR count). The fourth-order valence-electron chi connectivity index (χ4n) is 6.73. The van der Waals surface area contributed by atoms with E-state index in [1.807, 2.05) is 36.4 Å². The van der Waals surface area contributed by atoms with Crippen molar-refractivity contribution in [2.75, 3.05) is 52.9 Å². The van der Waals surface area contributed by atoms with E-state index < -0.39 is 5.82 Å². The topological polar surface area (TPSA) is 123 Å². The van der Waals surface area contributed by atoms with Gasteiger partial charge in [-0.1, -0.05) is 29.5 Å². The van der Waals surface area contributed by atoms with Crippen molar-refractivity contribution in [3.8, 4) is 22.9 Å². The smallest absolute Gasteiger partial charge is 0.270 e. The number of aryl methyl sites for hydroxylation is 1. The molecule has 11 nitrogen and oxygen atoms in total. The van der Waals surface area contributed by atoms with E-state index >= 15 is 4.39 Å². The maximum atomic E-state index is 16.6. The molecule has 1 saturated heterocycles. The number of amides is 2. The Bertz CT molecular complexity index is 1880. The van der Waals surface area contributed by atoms with Gasteiger partial charge in [-0.05, 0) is 48.6 Å². The van der Waals surface area contributed by atoms with E-state index in [1.165, 1.54) is 0 Å². The largest absolute Gasteiger partial charge is 0.496 e. The zero-order chi connectivity index (χ0) is 32.5. The summed E-state index contributed by atoms with van der Waals surface area (Å²) in [5.41, 5.74) is 2.94. The number of rotatable bonds is 9. The maximum Gasteiger partial charge on any atom is 0.270 e. The van der Waals surface area contributed by atoms with E-state index in [0.29, 0.717) is 73.7 Å². The van der Waals surface area contributed by atoms with Crippen LogP contribution in [0.3, 0.4) is 0 Å². The molecular formula is C35H37FN8O3. The third kappa shape index (κ3) is 6.11. The normalized spacial score (nSPS) is 17.8. The number of hydrogen-bond acceptors (Lipinski definition) is 7. The van der Waals surface area contributed by atoms with Crippen molar-refractivity contribution in [3.63, 3.8) is 0 Å². The second-order valence-electron chi connectivity index (χ2n) is 12.7. The number of para-hydroxylation sites is 1. The van der Waals surface area contributed by atoms with Crippen molar-refractivity contribution in [2.24, 2.45) is 5.41 Å². The zero-order valence-electron chi connectivity index (χ0n) is 26.4. The van der Waals surface area contributed by atoms with Crippen LogP contribution in [0, 0.1) is 22.6 Å². The van der Waals surface area contributed by atoms with Crippen molar-refractivity contribution in [1.82, 2.24) is 34.7 Å². The number of aromatic amines is 1. The van der Waals surface area contributed by atoms with Crippen LogP contribution in [0.1, 0.15) is 41.7 Å². The highest BCUT2D eigenvalue weighted by Gasteiger charge is 2.44. The minimum Gasteiger partial charge on any atom is -0.496 e. The Balaban J connectivity index is 1.18. The molecule has 0 unspecified atom stereocenters. The number of H-pyrrole nitrogens is 1. The minimum atomic E-state index is -0.461. The molecule has 0 radical (unpaired) electrons. The van der Waals surface area contributed by atoms with Crippen LogP contribution in [0.25, 0.3) is 27.6 Å². The molecule has 2 aromatic heterocycles. The molecule has 4 aromatic rings. The van der Waals surface area contributed by atoms with Crippen molar-refractivity contribution < 1.29 is 18.7 Å². The molecule has 2 amide bonds. The second-order valence-corrected chi connectivity index (χ2v) is 12.7. The summed E-state index contributed by atoms with van der Waals surface area (Å²) >= 11 is 0. The molecule has 242 valence electrons. The Morgan fingerprint density at radius 3 is 2.60 bits per heavy atom. The predicted molar refractivity (Wildman–Crippen MR) is 174 cm³/mol. The highest BCUT2D eigenvalue weighted by atomic mass is 19.1. The number of benzene rings is 2. The van der Waals surface area contributed by atoms with E-state index in [1.54, 1.807) is 40.1 Å². The van der Waals surface area contributed by atoms with Crippen LogP contribution in [0.5, 0.6) is 5.75 Å². The quantitative estimate of drug-likeness (QED) is 0.290. The molecule has 0 spiro atoms. The number of aromatic nitrogens is 4. The molecule has 0 bridgehead atoms. The average molecular weight is 637 g/mol. The van der Waals surface area contributed by atoms with Crippen LogP contribution in [0.15, 0.2) is 54.9 Å². The van der Waals surface area contributed by atoms with Gasteiger partial charge in [-0.25, -0.2) is 4.39 Å². The lowest BCUT2D eigenvalue weighted by molar-refractivity contribution is -0.131. The SMILES string of the molecule is COc1ccccc1-c1cc(C2=CCCN(C(=O)CCn3ccnn3)C2)c(F)c2[nH]c(C(=O)N3CCN(CC4(C#N)CC4)CC3)cc12. The van der Waals surface area contributed by atoms with E-state index in [4.69, 9.17) is 4.74 Å². The number of fused-ring (bicyclic) bond motifs is 1. The van der Waals surface area contributed by atoms with Gasteiger partial charge < -0.3 is 19.5 Å².